The van der Waals surface area contributed by atoms with Gasteiger partial charge in [0.25, 0.3) is 0 Å². The summed E-state index contributed by atoms with van der Waals surface area (Å²) in [5, 5.41) is 0.645. The molecule has 2 aromatic rings. The van der Waals surface area contributed by atoms with E-state index < -0.39 is 16.8 Å². The maximum atomic E-state index is 10.8. The minimum absolute atomic E-state index is 0.0415. The standard InChI is InChI=1S/C18H22ClS.CHF3O4S/c1-12-6-8-17(9-7-12)20(11-19)18-10-13(2)14(3)15(4)16(18)5;2-1(3,4)8-9(5,6)7/h6-10H,11H2,1-5H3;(H,5,6,7)/q+1;/p-1. The number of rotatable bonds is 4. The van der Waals surface area contributed by atoms with Gasteiger partial charge in [-0.05, 0) is 69.5 Å². The summed E-state index contributed by atoms with van der Waals surface area (Å²) in [5.74, 6) is 0. The molecule has 0 aliphatic rings. The Morgan fingerprint density at radius 2 is 1.52 bits per heavy atom. The van der Waals surface area contributed by atoms with E-state index in [4.69, 9.17) is 24.6 Å². The largest absolute Gasteiger partial charge is 0.725 e. The van der Waals surface area contributed by atoms with Crippen LogP contribution >= 0.6 is 11.6 Å². The van der Waals surface area contributed by atoms with Crippen LogP contribution in [0.15, 0.2) is 40.1 Å². The van der Waals surface area contributed by atoms with Crippen LogP contribution in [0.25, 0.3) is 0 Å². The van der Waals surface area contributed by atoms with Crippen molar-refractivity contribution in [3.05, 3.63) is 58.1 Å². The molecule has 0 aliphatic carbocycles. The lowest BCUT2D eigenvalue weighted by Crippen LogP contribution is -2.18. The van der Waals surface area contributed by atoms with E-state index in [0.29, 0.717) is 5.21 Å². The minimum Gasteiger partial charge on any atom is -0.725 e. The first kappa shape index (κ1) is 25.8. The van der Waals surface area contributed by atoms with E-state index in [9.17, 15) is 13.2 Å². The molecule has 162 valence electrons. The van der Waals surface area contributed by atoms with E-state index in [-0.39, 0.29) is 10.9 Å². The predicted molar refractivity (Wildman–Crippen MR) is 108 cm³/mol. The normalized spacial score (nSPS) is 12.9. The zero-order chi connectivity index (χ0) is 22.6. The van der Waals surface area contributed by atoms with Gasteiger partial charge in [-0.25, -0.2) is 8.42 Å². The van der Waals surface area contributed by atoms with Crippen molar-refractivity contribution in [2.45, 2.75) is 50.8 Å². The van der Waals surface area contributed by atoms with Crippen molar-refractivity contribution in [3.63, 3.8) is 0 Å². The molecule has 0 bridgehead atoms. The lowest BCUT2D eigenvalue weighted by atomic mass is 10.00. The Morgan fingerprint density at radius 1 is 1.00 bits per heavy atom. The molecule has 0 radical (unpaired) electrons. The molecule has 29 heavy (non-hydrogen) atoms. The summed E-state index contributed by atoms with van der Waals surface area (Å²) in [6.07, 6.45) is -5.42. The highest BCUT2D eigenvalue weighted by molar-refractivity contribution is 7.98. The van der Waals surface area contributed by atoms with Crippen LogP contribution in [0, 0.1) is 34.6 Å². The zero-order valence-corrected chi connectivity index (χ0v) is 18.9. The summed E-state index contributed by atoms with van der Waals surface area (Å²) < 4.78 is 61.7. The fraction of sp³-hybridized carbons (Fsp3) is 0.368. The maximum absolute atomic E-state index is 10.8. The Hall–Kier alpha value is -1.26. The van der Waals surface area contributed by atoms with Crippen LogP contribution in [0.3, 0.4) is 0 Å². The van der Waals surface area contributed by atoms with Gasteiger partial charge in [0.05, 0.1) is 10.9 Å². The third kappa shape index (κ3) is 8.18. The third-order valence-electron chi connectivity index (χ3n) is 4.31. The number of benzene rings is 2. The summed E-state index contributed by atoms with van der Waals surface area (Å²) in [7, 11) is -5.70. The molecule has 0 aliphatic heterocycles. The average molecular weight is 471 g/mol. The second-order valence-electron chi connectivity index (χ2n) is 6.32. The Bertz CT molecular complexity index is 943. The molecular weight excluding hydrogens is 449 g/mol. The first-order valence-electron chi connectivity index (χ1n) is 8.30. The summed E-state index contributed by atoms with van der Waals surface area (Å²) in [6.45, 7) is 10.9. The average Bonchev–Trinajstić information content (AvgIpc) is 2.57. The van der Waals surface area contributed by atoms with Crippen molar-refractivity contribution in [2.24, 2.45) is 0 Å². The van der Waals surface area contributed by atoms with Crippen molar-refractivity contribution in [2.75, 3.05) is 5.21 Å². The van der Waals surface area contributed by atoms with Crippen molar-refractivity contribution in [3.8, 4) is 0 Å². The van der Waals surface area contributed by atoms with Crippen LogP contribution in [0.4, 0.5) is 13.2 Å². The number of hydrogen-bond acceptors (Lipinski definition) is 4. The van der Waals surface area contributed by atoms with Gasteiger partial charge in [-0.3, -0.25) is 0 Å². The van der Waals surface area contributed by atoms with E-state index in [2.05, 4.69) is 65.0 Å². The van der Waals surface area contributed by atoms with E-state index >= 15 is 0 Å². The summed E-state index contributed by atoms with van der Waals surface area (Å²) in [4.78, 5) is 2.72. The van der Waals surface area contributed by atoms with Crippen LogP contribution in [0.1, 0.15) is 27.8 Å². The van der Waals surface area contributed by atoms with Gasteiger partial charge in [0.2, 0.25) is 10.4 Å². The lowest BCUT2D eigenvalue weighted by Gasteiger charge is -2.14. The molecule has 0 N–H and O–H groups in total. The van der Waals surface area contributed by atoms with Crippen molar-refractivity contribution < 1.29 is 30.3 Å². The number of alkyl halides is 4. The number of halogens is 4. The number of aryl methyl sites for hydroxylation is 2. The van der Waals surface area contributed by atoms with E-state index in [1.807, 2.05) is 4.18 Å². The second kappa shape index (κ2) is 10.2. The van der Waals surface area contributed by atoms with Crippen LogP contribution in [0.5, 0.6) is 0 Å². The molecule has 0 fully saturated rings. The first-order valence-corrected chi connectivity index (χ1v) is 11.6. The lowest BCUT2D eigenvalue weighted by molar-refractivity contribution is -0.275. The molecule has 2 aromatic carbocycles. The molecule has 1 unspecified atom stereocenters. The smallest absolute Gasteiger partial charge is 0.536 e. The quantitative estimate of drug-likeness (QED) is 0.258. The highest BCUT2D eigenvalue weighted by Crippen LogP contribution is 2.31. The monoisotopic (exact) mass is 470 g/mol. The van der Waals surface area contributed by atoms with Crippen molar-refractivity contribution in [1.82, 2.24) is 0 Å². The second-order valence-corrected chi connectivity index (χ2v) is 9.87. The van der Waals surface area contributed by atoms with Crippen LogP contribution < -0.4 is 0 Å². The summed E-state index contributed by atoms with van der Waals surface area (Å²) in [5.41, 5.74) is 6.83. The fourth-order valence-corrected chi connectivity index (χ4v) is 5.26. The van der Waals surface area contributed by atoms with Crippen LogP contribution in [0.2, 0.25) is 0 Å². The Kier molecular flexibility index (Phi) is 9.04. The third-order valence-corrected chi connectivity index (χ3v) is 7.37. The molecule has 10 heteroatoms. The Balaban J connectivity index is 0.000000396. The molecule has 0 saturated heterocycles. The van der Waals surface area contributed by atoms with Crippen LogP contribution in [-0.4, -0.2) is 24.5 Å². The number of hydrogen-bond donors (Lipinski definition) is 0. The molecule has 4 nitrogen and oxygen atoms in total. The zero-order valence-electron chi connectivity index (χ0n) is 16.6. The van der Waals surface area contributed by atoms with Gasteiger partial charge in [0.15, 0.2) is 15.0 Å². The Labute approximate surface area is 177 Å². The Morgan fingerprint density at radius 3 is 1.90 bits per heavy atom. The molecule has 0 spiro atoms. The van der Waals surface area contributed by atoms with Crippen molar-refractivity contribution in [1.29, 1.82) is 0 Å². The molecule has 0 aromatic heterocycles. The van der Waals surface area contributed by atoms with Crippen molar-refractivity contribution >= 4 is 32.9 Å². The molecule has 1 atom stereocenters. The van der Waals surface area contributed by atoms with Gasteiger partial charge in [-0.15, -0.1) is 13.2 Å². The maximum Gasteiger partial charge on any atom is 0.536 e. The molecule has 0 heterocycles. The van der Waals surface area contributed by atoms with Gasteiger partial charge >= 0.3 is 6.36 Å². The fourth-order valence-electron chi connectivity index (χ4n) is 2.50. The minimum atomic E-state index is -5.66. The first-order chi connectivity index (χ1) is 13.2. The molecule has 0 amide bonds. The SMILES string of the molecule is Cc1ccc([S+](CCl)c2cc(C)c(C)c(C)c2C)cc1.O=S(=O)([O-])OC(F)(F)F. The van der Waals surface area contributed by atoms with E-state index in [1.54, 1.807) is 0 Å². The summed E-state index contributed by atoms with van der Waals surface area (Å²) in [6, 6.07) is 11.1. The highest BCUT2D eigenvalue weighted by Gasteiger charge is 2.32. The van der Waals surface area contributed by atoms with Gasteiger partial charge in [0, 0.05) is 5.56 Å². The topological polar surface area (TPSA) is 66.4 Å². The van der Waals surface area contributed by atoms with Crippen LogP contribution in [-0.2, 0) is 25.5 Å². The molecule has 0 saturated carbocycles. The van der Waals surface area contributed by atoms with Gasteiger partial charge < -0.3 is 4.55 Å². The van der Waals surface area contributed by atoms with E-state index in [0.717, 1.165) is 0 Å². The van der Waals surface area contributed by atoms with E-state index in [1.165, 1.54) is 37.6 Å². The molecular formula is C19H22ClF3O4S2. The molecule has 2 rings (SSSR count). The van der Waals surface area contributed by atoms with Gasteiger partial charge in [-0.2, -0.15) is 4.18 Å². The predicted octanol–water partition coefficient (Wildman–Crippen LogP) is 5.44. The summed E-state index contributed by atoms with van der Waals surface area (Å²) >= 11 is 6.31. The highest BCUT2D eigenvalue weighted by atomic mass is 35.5. The van der Waals surface area contributed by atoms with Gasteiger partial charge in [-0.1, -0.05) is 29.3 Å². The van der Waals surface area contributed by atoms with Gasteiger partial charge in [0.1, 0.15) is 0 Å².